The average Bonchev–Trinajstić information content (AvgIpc) is 2.95. The van der Waals surface area contributed by atoms with Crippen molar-refractivity contribution < 1.29 is 8.42 Å². The quantitative estimate of drug-likeness (QED) is 0.874. The Kier molecular flexibility index (Phi) is 3.62. The van der Waals surface area contributed by atoms with Gasteiger partial charge in [0.1, 0.15) is 0 Å². The van der Waals surface area contributed by atoms with E-state index in [0.717, 1.165) is 31.9 Å². The summed E-state index contributed by atoms with van der Waals surface area (Å²) in [5.41, 5.74) is 3.09. The van der Waals surface area contributed by atoms with Crippen LogP contribution >= 0.6 is 0 Å². The third-order valence-electron chi connectivity index (χ3n) is 6.49. The number of hydrogen-bond acceptors (Lipinski definition) is 5. The first kappa shape index (κ1) is 16.2. The fraction of sp³-hybridized carbons (Fsp3) is 0.667. The molecule has 24 heavy (non-hydrogen) atoms. The molecule has 4 rings (SSSR count). The molecule has 1 N–H and O–H groups in total. The van der Waals surface area contributed by atoms with Crippen molar-refractivity contribution in [1.82, 2.24) is 5.32 Å². The molecule has 0 spiro atoms. The molecule has 3 fully saturated rings. The Hall–Kier alpha value is -1.27. The average molecular weight is 350 g/mol. The van der Waals surface area contributed by atoms with E-state index in [9.17, 15) is 8.42 Å². The standard InChI is InChI=1S/C18H27N3O2S/c1-17-11-19-12-18(17,2)14-21(13-17)16-5-3-15(4-6-16)20-7-9-24(22,23)10-8-20/h3-6,19H,7-14H2,1-2H3/t17-,18+. The second-order valence-electron chi connectivity index (χ2n) is 8.24. The number of benzene rings is 1. The van der Waals surface area contributed by atoms with Gasteiger partial charge in [-0.05, 0) is 24.3 Å². The van der Waals surface area contributed by atoms with Gasteiger partial charge in [0.2, 0.25) is 0 Å². The maximum absolute atomic E-state index is 11.6. The Balaban J connectivity index is 1.47. The highest BCUT2D eigenvalue weighted by molar-refractivity contribution is 7.91. The molecule has 3 aliphatic heterocycles. The minimum absolute atomic E-state index is 0.268. The third-order valence-corrected chi connectivity index (χ3v) is 8.10. The van der Waals surface area contributed by atoms with Gasteiger partial charge in [0.15, 0.2) is 9.84 Å². The smallest absolute Gasteiger partial charge is 0.153 e. The van der Waals surface area contributed by atoms with E-state index in [-0.39, 0.29) is 11.5 Å². The molecule has 0 amide bonds. The Morgan fingerprint density at radius 3 is 1.83 bits per heavy atom. The topological polar surface area (TPSA) is 52.6 Å². The van der Waals surface area contributed by atoms with E-state index in [1.165, 1.54) is 5.69 Å². The van der Waals surface area contributed by atoms with Crippen LogP contribution in [0.15, 0.2) is 24.3 Å². The van der Waals surface area contributed by atoms with Gasteiger partial charge >= 0.3 is 0 Å². The van der Waals surface area contributed by atoms with Crippen molar-refractivity contribution in [2.24, 2.45) is 10.8 Å². The number of nitrogens with one attached hydrogen (secondary N) is 1. The summed E-state index contributed by atoms with van der Waals surface area (Å²) >= 11 is 0. The molecule has 2 atom stereocenters. The molecular weight excluding hydrogens is 322 g/mol. The molecule has 0 saturated carbocycles. The van der Waals surface area contributed by atoms with Crippen molar-refractivity contribution in [3.63, 3.8) is 0 Å². The van der Waals surface area contributed by atoms with Crippen LogP contribution in [0.2, 0.25) is 0 Å². The number of rotatable bonds is 2. The molecule has 3 saturated heterocycles. The summed E-state index contributed by atoms with van der Waals surface area (Å²) in [5.74, 6) is 0.537. The van der Waals surface area contributed by atoms with Crippen molar-refractivity contribution >= 4 is 21.2 Å². The highest BCUT2D eigenvalue weighted by Crippen LogP contribution is 2.49. The zero-order chi connectivity index (χ0) is 17.0. The fourth-order valence-corrected chi connectivity index (χ4v) is 5.66. The van der Waals surface area contributed by atoms with Crippen molar-refractivity contribution in [3.8, 4) is 0 Å². The van der Waals surface area contributed by atoms with Crippen LogP contribution in [-0.2, 0) is 9.84 Å². The van der Waals surface area contributed by atoms with Crippen molar-refractivity contribution in [3.05, 3.63) is 24.3 Å². The molecule has 0 aliphatic carbocycles. The predicted molar refractivity (Wildman–Crippen MR) is 98.6 cm³/mol. The summed E-state index contributed by atoms with van der Waals surface area (Å²) in [6.07, 6.45) is 0. The zero-order valence-electron chi connectivity index (χ0n) is 14.6. The van der Waals surface area contributed by atoms with Gasteiger partial charge < -0.3 is 15.1 Å². The number of sulfone groups is 1. The molecule has 0 aromatic heterocycles. The van der Waals surface area contributed by atoms with Gasteiger partial charge in [0.25, 0.3) is 0 Å². The van der Waals surface area contributed by atoms with Crippen LogP contribution in [0.1, 0.15) is 13.8 Å². The van der Waals surface area contributed by atoms with Gasteiger partial charge in [-0.25, -0.2) is 8.42 Å². The highest BCUT2D eigenvalue weighted by atomic mass is 32.2. The van der Waals surface area contributed by atoms with Crippen LogP contribution in [0.25, 0.3) is 0 Å². The van der Waals surface area contributed by atoms with Gasteiger partial charge in [0.05, 0.1) is 11.5 Å². The normalized spacial score (nSPS) is 35.2. The van der Waals surface area contributed by atoms with Crippen LogP contribution in [0, 0.1) is 10.8 Å². The van der Waals surface area contributed by atoms with Gasteiger partial charge in [0, 0.05) is 61.5 Å². The van der Waals surface area contributed by atoms with Gasteiger partial charge in [-0.15, -0.1) is 0 Å². The molecule has 0 bridgehead atoms. The number of nitrogens with zero attached hydrogens (tertiary/aromatic N) is 2. The molecule has 132 valence electrons. The van der Waals surface area contributed by atoms with Crippen LogP contribution in [0.3, 0.4) is 0 Å². The Labute approximate surface area is 144 Å². The van der Waals surface area contributed by atoms with Crippen LogP contribution in [0.5, 0.6) is 0 Å². The molecule has 1 aromatic carbocycles. The van der Waals surface area contributed by atoms with E-state index < -0.39 is 9.84 Å². The maximum Gasteiger partial charge on any atom is 0.153 e. The molecule has 1 aromatic rings. The van der Waals surface area contributed by atoms with Crippen LogP contribution < -0.4 is 15.1 Å². The summed E-state index contributed by atoms with van der Waals surface area (Å²) in [6, 6.07) is 8.67. The molecule has 0 radical (unpaired) electrons. The Bertz CT molecular complexity index is 701. The van der Waals surface area contributed by atoms with E-state index in [2.05, 4.69) is 53.2 Å². The second-order valence-corrected chi connectivity index (χ2v) is 10.5. The Morgan fingerprint density at radius 2 is 1.33 bits per heavy atom. The summed E-state index contributed by atoms with van der Waals surface area (Å²) < 4.78 is 23.1. The first-order valence-corrected chi connectivity index (χ1v) is 10.6. The number of fused-ring (bicyclic) bond motifs is 1. The molecule has 3 aliphatic rings. The summed E-state index contributed by atoms with van der Waals surface area (Å²) in [5, 5.41) is 3.55. The van der Waals surface area contributed by atoms with Gasteiger partial charge in [-0.1, -0.05) is 13.8 Å². The molecule has 6 heteroatoms. The van der Waals surface area contributed by atoms with E-state index in [4.69, 9.17) is 0 Å². The summed E-state index contributed by atoms with van der Waals surface area (Å²) in [7, 11) is -2.82. The van der Waals surface area contributed by atoms with Crippen molar-refractivity contribution in [2.75, 3.05) is 60.6 Å². The fourth-order valence-electron chi connectivity index (χ4n) is 4.46. The first-order valence-electron chi connectivity index (χ1n) is 8.82. The number of hydrogen-bond donors (Lipinski definition) is 1. The Morgan fingerprint density at radius 1 is 0.875 bits per heavy atom. The SMILES string of the molecule is C[C@@]12CNC[C@]1(C)CN(c1ccc(N3CCS(=O)(=O)CC3)cc1)C2. The molecule has 0 unspecified atom stereocenters. The maximum atomic E-state index is 11.6. The van der Waals surface area contributed by atoms with Crippen molar-refractivity contribution in [1.29, 1.82) is 0 Å². The van der Waals surface area contributed by atoms with E-state index in [0.29, 0.717) is 23.9 Å². The van der Waals surface area contributed by atoms with E-state index in [1.807, 2.05) is 0 Å². The molecular formula is C18H27N3O2S. The second kappa shape index (κ2) is 5.36. The summed E-state index contributed by atoms with van der Waals surface area (Å²) in [6.45, 7) is 10.4. The largest absolute Gasteiger partial charge is 0.370 e. The lowest BCUT2D eigenvalue weighted by Crippen LogP contribution is -2.40. The minimum Gasteiger partial charge on any atom is -0.370 e. The first-order chi connectivity index (χ1) is 11.3. The summed E-state index contributed by atoms with van der Waals surface area (Å²) in [4.78, 5) is 4.68. The van der Waals surface area contributed by atoms with E-state index in [1.54, 1.807) is 0 Å². The number of anilines is 2. The third kappa shape index (κ3) is 2.60. The van der Waals surface area contributed by atoms with Crippen molar-refractivity contribution in [2.45, 2.75) is 13.8 Å². The monoisotopic (exact) mass is 349 g/mol. The molecule has 3 heterocycles. The molecule has 5 nitrogen and oxygen atoms in total. The van der Waals surface area contributed by atoms with Crippen LogP contribution in [0.4, 0.5) is 11.4 Å². The lowest BCUT2D eigenvalue weighted by atomic mass is 9.71. The lowest BCUT2D eigenvalue weighted by Gasteiger charge is -2.30. The van der Waals surface area contributed by atoms with Gasteiger partial charge in [-0.2, -0.15) is 0 Å². The van der Waals surface area contributed by atoms with Crippen LogP contribution in [-0.4, -0.2) is 59.2 Å². The lowest BCUT2D eigenvalue weighted by molar-refractivity contribution is 0.212. The zero-order valence-corrected chi connectivity index (χ0v) is 15.4. The predicted octanol–water partition coefficient (Wildman–Crippen LogP) is 1.36. The highest BCUT2D eigenvalue weighted by Gasteiger charge is 2.54. The van der Waals surface area contributed by atoms with E-state index >= 15 is 0 Å². The van der Waals surface area contributed by atoms with Gasteiger partial charge in [-0.3, -0.25) is 0 Å². The minimum atomic E-state index is -2.82.